The molecule has 0 aromatic rings. The highest BCUT2D eigenvalue weighted by Gasteiger charge is 1.99. The zero-order chi connectivity index (χ0) is 8.69. The molecule has 0 spiro atoms. The third kappa shape index (κ3) is 4.89. The third-order valence-electron chi connectivity index (χ3n) is 1.11. The molecule has 0 heterocycles. The van der Waals surface area contributed by atoms with Gasteiger partial charge in [0.25, 0.3) is 0 Å². The predicted octanol–water partition coefficient (Wildman–Crippen LogP) is -0.178. The number of nitrogens with zero attached hydrogens (tertiary/aromatic N) is 1. The lowest BCUT2D eigenvalue weighted by molar-refractivity contribution is 0.802. The smallest absolute Gasteiger partial charge is 0.143 e. The minimum Gasteiger partial charge on any atom is -0.325 e. The minimum absolute atomic E-state index is 0.0661. The van der Waals surface area contributed by atoms with Gasteiger partial charge in [-0.3, -0.25) is 10.4 Å². The van der Waals surface area contributed by atoms with Crippen LogP contribution in [0.3, 0.4) is 0 Å². The summed E-state index contributed by atoms with van der Waals surface area (Å²) in [6, 6.07) is 0. The summed E-state index contributed by atoms with van der Waals surface area (Å²) in [5.41, 5.74) is 5.74. The van der Waals surface area contributed by atoms with E-state index in [1.807, 2.05) is 7.05 Å². The number of likely N-dealkylation sites (N-methyl/N-ethyl adjacent to an activating group) is 1. The van der Waals surface area contributed by atoms with Crippen molar-refractivity contribution in [2.24, 2.45) is 10.7 Å². The van der Waals surface area contributed by atoms with Crippen LogP contribution in [0.15, 0.2) is 4.99 Å². The Morgan fingerprint density at radius 2 is 2.36 bits per heavy atom. The van der Waals surface area contributed by atoms with Crippen LogP contribution in [0, 0.1) is 5.41 Å². The Labute approximate surface area is 71.3 Å². The maximum Gasteiger partial charge on any atom is 0.143 e. The monoisotopic (exact) mass is 176 g/mol. The number of hydrogen-bond acceptors (Lipinski definition) is 4. The molecule has 0 radical (unpaired) electrons. The Bertz CT molecular complexity index is 155. The fraction of sp³-hybridized carbons (Fsp3) is 0.667. The van der Waals surface area contributed by atoms with Gasteiger partial charge in [0.15, 0.2) is 0 Å². The summed E-state index contributed by atoms with van der Waals surface area (Å²) in [7, 11) is 1.84. The van der Waals surface area contributed by atoms with Crippen molar-refractivity contribution in [2.75, 3.05) is 26.7 Å². The molecule has 5 heteroatoms. The van der Waals surface area contributed by atoms with Crippen molar-refractivity contribution in [1.82, 2.24) is 5.32 Å². The molecule has 11 heavy (non-hydrogen) atoms. The fourth-order valence-electron chi connectivity index (χ4n) is 0.526. The van der Waals surface area contributed by atoms with E-state index < -0.39 is 0 Å². The summed E-state index contributed by atoms with van der Waals surface area (Å²) in [5.74, 6) is 0. The quantitative estimate of drug-likeness (QED) is 0.402. The summed E-state index contributed by atoms with van der Waals surface area (Å²) in [6.45, 7) is 1.61. The molecule has 0 rings (SSSR count). The van der Waals surface area contributed by atoms with Crippen molar-refractivity contribution >= 4 is 22.5 Å². The molecule has 0 aliphatic carbocycles. The molecule has 4 N–H and O–H groups in total. The second-order valence-corrected chi connectivity index (χ2v) is 2.33. The molecular weight excluding hydrogens is 164 g/mol. The molecule has 0 aliphatic heterocycles. The second-order valence-electron chi connectivity index (χ2n) is 1.95. The van der Waals surface area contributed by atoms with Crippen LogP contribution in [0.4, 0.5) is 0 Å². The molecule has 0 saturated heterocycles. The van der Waals surface area contributed by atoms with E-state index in [-0.39, 0.29) is 11.7 Å². The maximum absolute atomic E-state index is 7.02. The van der Waals surface area contributed by atoms with Gasteiger partial charge in [0.1, 0.15) is 5.17 Å². The minimum atomic E-state index is -0.0661. The zero-order valence-corrected chi connectivity index (χ0v) is 7.28. The summed E-state index contributed by atoms with van der Waals surface area (Å²) < 4.78 is 0. The van der Waals surface area contributed by atoms with E-state index in [0.717, 1.165) is 6.54 Å². The van der Waals surface area contributed by atoms with Gasteiger partial charge in [-0.1, -0.05) is 11.6 Å². The van der Waals surface area contributed by atoms with E-state index in [1.165, 1.54) is 0 Å². The molecule has 0 aromatic carbocycles. The van der Waals surface area contributed by atoms with Crippen molar-refractivity contribution < 1.29 is 0 Å². The Morgan fingerprint density at radius 1 is 1.73 bits per heavy atom. The lowest BCUT2D eigenvalue weighted by Crippen LogP contribution is -2.21. The average molecular weight is 177 g/mol. The Hall–Kier alpha value is -0.450. The standard InChI is InChI=1S/C6H13ClN4/c1-10-2-3-11-5(4-8)6(7)9/h9-10H,2-4,8H2,1H3. The summed E-state index contributed by atoms with van der Waals surface area (Å²) in [4.78, 5) is 4.00. The highest BCUT2D eigenvalue weighted by atomic mass is 35.5. The van der Waals surface area contributed by atoms with Gasteiger partial charge in [-0.2, -0.15) is 0 Å². The van der Waals surface area contributed by atoms with Crippen molar-refractivity contribution in [3.63, 3.8) is 0 Å². The fourth-order valence-corrected chi connectivity index (χ4v) is 0.663. The topological polar surface area (TPSA) is 74.3 Å². The Balaban J connectivity index is 3.81. The highest BCUT2D eigenvalue weighted by molar-refractivity contribution is 6.83. The highest BCUT2D eigenvalue weighted by Crippen LogP contribution is 1.85. The molecule has 0 aromatic heterocycles. The number of aliphatic imine (C=N–C) groups is 1. The van der Waals surface area contributed by atoms with Crippen LogP contribution in [-0.4, -0.2) is 37.6 Å². The van der Waals surface area contributed by atoms with Crippen LogP contribution in [0.5, 0.6) is 0 Å². The van der Waals surface area contributed by atoms with Gasteiger partial charge < -0.3 is 11.1 Å². The SMILES string of the molecule is CNCCN=C(CN)C(=N)Cl. The number of rotatable bonds is 5. The molecule has 0 aliphatic rings. The Morgan fingerprint density at radius 3 is 2.73 bits per heavy atom. The second kappa shape index (κ2) is 6.27. The first-order valence-corrected chi connectivity index (χ1v) is 3.72. The van der Waals surface area contributed by atoms with Crippen molar-refractivity contribution in [1.29, 1.82) is 5.41 Å². The van der Waals surface area contributed by atoms with Crippen molar-refractivity contribution in [3.8, 4) is 0 Å². The van der Waals surface area contributed by atoms with E-state index in [1.54, 1.807) is 0 Å². The molecular formula is C6H13ClN4. The van der Waals surface area contributed by atoms with Crippen molar-refractivity contribution in [3.05, 3.63) is 0 Å². The van der Waals surface area contributed by atoms with Gasteiger partial charge in [-0.15, -0.1) is 0 Å². The molecule has 64 valence electrons. The molecule has 0 amide bonds. The summed E-state index contributed by atoms with van der Waals surface area (Å²) in [6.07, 6.45) is 0. The third-order valence-corrected chi connectivity index (χ3v) is 1.33. The lowest BCUT2D eigenvalue weighted by atomic mass is 10.4. The largest absolute Gasteiger partial charge is 0.325 e. The number of nitrogens with one attached hydrogen (secondary N) is 2. The predicted molar refractivity (Wildman–Crippen MR) is 48.9 cm³/mol. The first kappa shape index (κ1) is 10.6. The van der Waals surface area contributed by atoms with Crippen molar-refractivity contribution in [2.45, 2.75) is 0 Å². The number of hydrogen-bond donors (Lipinski definition) is 3. The summed E-state index contributed by atoms with van der Waals surface area (Å²) >= 11 is 5.37. The normalized spacial score (nSPS) is 11.7. The molecule has 0 bridgehead atoms. The van der Waals surface area contributed by atoms with Crippen LogP contribution in [-0.2, 0) is 0 Å². The lowest BCUT2D eigenvalue weighted by Gasteiger charge is -1.98. The van der Waals surface area contributed by atoms with E-state index >= 15 is 0 Å². The molecule has 0 atom stereocenters. The van der Waals surface area contributed by atoms with Gasteiger partial charge >= 0.3 is 0 Å². The van der Waals surface area contributed by atoms with E-state index in [4.69, 9.17) is 22.7 Å². The molecule has 4 nitrogen and oxygen atoms in total. The van der Waals surface area contributed by atoms with Gasteiger partial charge in [-0.05, 0) is 7.05 Å². The van der Waals surface area contributed by atoms with Crippen LogP contribution >= 0.6 is 11.6 Å². The zero-order valence-electron chi connectivity index (χ0n) is 6.52. The molecule has 0 saturated carbocycles. The van der Waals surface area contributed by atoms with Gasteiger partial charge in [0.2, 0.25) is 0 Å². The molecule has 0 unspecified atom stereocenters. The van der Waals surface area contributed by atoms with Gasteiger partial charge in [0.05, 0.1) is 12.3 Å². The first-order valence-electron chi connectivity index (χ1n) is 3.34. The van der Waals surface area contributed by atoms with Crippen LogP contribution in [0.25, 0.3) is 0 Å². The average Bonchev–Trinajstić information content (AvgIpc) is 1.97. The number of halogens is 1. The summed E-state index contributed by atoms with van der Waals surface area (Å²) in [5, 5.41) is 9.88. The van der Waals surface area contributed by atoms with Gasteiger partial charge in [0, 0.05) is 13.1 Å². The van der Waals surface area contributed by atoms with E-state index in [0.29, 0.717) is 12.3 Å². The first-order chi connectivity index (χ1) is 5.22. The van der Waals surface area contributed by atoms with Crippen LogP contribution in [0.1, 0.15) is 0 Å². The van der Waals surface area contributed by atoms with Crippen LogP contribution < -0.4 is 11.1 Å². The van der Waals surface area contributed by atoms with Crippen LogP contribution in [0.2, 0.25) is 0 Å². The molecule has 0 fully saturated rings. The van der Waals surface area contributed by atoms with E-state index in [9.17, 15) is 0 Å². The maximum atomic E-state index is 7.02. The van der Waals surface area contributed by atoms with Gasteiger partial charge in [-0.25, -0.2) is 0 Å². The Kier molecular flexibility index (Phi) is 6.02. The number of nitrogens with two attached hydrogens (primary N) is 1. The van der Waals surface area contributed by atoms with E-state index in [2.05, 4.69) is 10.3 Å².